The highest BCUT2D eigenvalue weighted by molar-refractivity contribution is 5.93. The van der Waals surface area contributed by atoms with Crippen LogP contribution < -0.4 is 4.74 Å². The van der Waals surface area contributed by atoms with E-state index in [4.69, 9.17) is 9.84 Å². The molecular formula is C16H12O4. The zero-order valence-corrected chi connectivity index (χ0v) is 10.6. The van der Waals surface area contributed by atoms with Gasteiger partial charge >= 0.3 is 5.97 Å². The van der Waals surface area contributed by atoms with Gasteiger partial charge in [-0.25, -0.2) is 0 Å². The molecule has 4 heteroatoms. The van der Waals surface area contributed by atoms with Crippen LogP contribution in [0, 0.1) is 0 Å². The largest absolute Gasteiger partial charge is 0.480 e. The number of hydrogen-bond acceptors (Lipinski definition) is 3. The molecule has 0 amide bonds. The van der Waals surface area contributed by atoms with Crippen LogP contribution in [0.2, 0.25) is 0 Å². The van der Waals surface area contributed by atoms with E-state index in [-0.39, 0.29) is 0 Å². The van der Waals surface area contributed by atoms with Crippen molar-refractivity contribution in [3.05, 3.63) is 59.2 Å². The molecule has 1 aliphatic heterocycles. The number of aliphatic carboxylic acids is 1. The number of aldehydes is 1. The summed E-state index contributed by atoms with van der Waals surface area (Å²) in [7, 11) is 0. The third-order valence-corrected chi connectivity index (χ3v) is 3.42. The average Bonchev–Trinajstić information content (AvgIpc) is 2.45. The van der Waals surface area contributed by atoms with E-state index in [2.05, 4.69) is 0 Å². The van der Waals surface area contributed by atoms with Crippen molar-refractivity contribution >= 4 is 12.3 Å². The summed E-state index contributed by atoms with van der Waals surface area (Å²) in [6.45, 7) is 0. The molecular weight excluding hydrogens is 256 g/mol. The van der Waals surface area contributed by atoms with E-state index in [1.165, 1.54) is 0 Å². The zero-order chi connectivity index (χ0) is 14.1. The van der Waals surface area contributed by atoms with Crippen LogP contribution >= 0.6 is 0 Å². The molecule has 1 aliphatic rings. The summed E-state index contributed by atoms with van der Waals surface area (Å²) in [6.07, 6.45) is 1.12. The Kier molecular flexibility index (Phi) is 2.99. The predicted octanol–water partition coefficient (Wildman–Crippen LogP) is 2.75. The Balaban J connectivity index is 1.99. The van der Waals surface area contributed by atoms with Crippen molar-refractivity contribution in [3.63, 3.8) is 0 Å². The number of hydrogen-bond donors (Lipinski definition) is 1. The van der Waals surface area contributed by atoms with Gasteiger partial charge in [-0.05, 0) is 28.8 Å². The molecule has 0 radical (unpaired) electrons. The number of rotatable bonds is 3. The van der Waals surface area contributed by atoms with E-state index in [9.17, 15) is 9.59 Å². The van der Waals surface area contributed by atoms with E-state index in [0.717, 1.165) is 16.9 Å². The maximum Gasteiger partial charge on any atom is 0.318 e. The summed E-state index contributed by atoms with van der Waals surface area (Å²) >= 11 is 0. The minimum Gasteiger partial charge on any atom is -0.480 e. The second kappa shape index (κ2) is 4.81. The Hall–Kier alpha value is -2.62. The van der Waals surface area contributed by atoms with Crippen molar-refractivity contribution in [1.29, 1.82) is 0 Å². The van der Waals surface area contributed by atoms with Gasteiger partial charge in [0.1, 0.15) is 23.7 Å². The minimum absolute atomic E-state index is 0.446. The highest BCUT2D eigenvalue weighted by Crippen LogP contribution is 2.37. The normalized spacial score (nSPS) is 13.6. The van der Waals surface area contributed by atoms with E-state index in [1.807, 2.05) is 24.3 Å². The van der Waals surface area contributed by atoms with E-state index < -0.39 is 11.9 Å². The monoisotopic (exact) mass is 268 g/mol. The fraction of sp³-hybridized carbons (Fsp3) is 0.125. The lowest BCUT2D eigenvalue weighted by atomic mass is 9.94. The topological polar surface area (TPSA) is 63.6 Å². The molecule has 0 aromatic heterocycles. The third kappa shape index (κ3) is 2.05. The Morgan fingerprint density at radius 3 is 2.65 bits per heavy atom. The Morgan fingerprint density at radius 1 is 1.15 bits per heavy atom. The predicted molar refractivity (Wildman–Crippen MR) is 72.2 cm³/mol. The summed E-state index contributed by atoms with van der Waals surface area (Å²) in [4.78, 5) is 21.9. The van der Waals surface area contributed by atoms with Crippen molar-refractivity contribution < 1.29 is 19.4 Å². The molecule has 0 fully saturated rings. The van der Waals surface area contributed by atoms with Gasteiger partial charge in [0.05, 0.1) is 0 Å². The number of para-hydroxylation sites is 1. The second-order valence-corrected chi connectivity index (χ2v) is 4.71. The van der Waals surface area contributed by atoms with Crippen LogP contribution in [0.5, 0.6) is 11.5 Å². The van der Waals surface area contributed by atoms with Crippen molar-refractivity contribution in [1.82, 2.24) is 0 Å². The maximum atomic E-state index is 11.0. The molecule has 100 valence electrons. The first kappa shape index (κ1) is 12.4. The van der Waals surface area contributed by atoms with Crippen molar-refractivity contribution in [2.45, 2.75) is 12.3 Å². The highest BCUT2D eigenvalue weighted by atomic mass is 16.5. The van der Waals surface area contributed by atoms with Crippen molar-refractivity contribution in [2.75, 3.05) is 0 Å². The molecule has 0 bridgehead atoms. The molecule has 1 atom stereocenters. The van der Waals surface area contributed by atoms with E-state index in [1.54, 1.807) is 18.2 Å². The van der Waals surface area contributed by atoms with Gasteiger partial charge in [-0.2, -0.15) is 0 Å². The van der Waals surface area contributed by atoms with Gasteiger partial charge < -0.3 is 14.6 Å². The van der Waals surface area contributed by atoms with Crippen LogP contribution in [0.3, 0.4) is 0 Å². The lowest BCUT2D eigenvalue weighted by molar-refractivity contribution is -0.140. The average molecular weight is 268 g/mol. The number of carboxylic acid groups (broad SMARTS) is 1. The minimum atomic E-state index is -1.14. The molecule has 4 nitrogen and oxygen atoms in total. The Labute approximate surface area is 115 Å². The molecule has 20 heavy (non-hydrogen) atoms. The Bertz CT molecular complexity index is 691. The lowest BCUT2D eigenvalue weighted by Gasteiger charge is -2.21. The summed E-state index contributed by atoms with van der Waals surface area (Å²) < 4.78 is 5.77. The van der Waals surface area contributed by atoms with Crippen LogP contribution in [0.25, 0.3) is 0 Å². The van der Waals surface area contributed by atoms with Crippen LogP contribution in [-0.4, -0.2) is 17.4 Å². The van der Waals surface area contributed by atoms with Crippen molar-refractivity contribution in [3.8, 4) is 11.5 Å². The number of carbonyl (C=O) groups excluding carboxylic acids is 1. The number of benzene rings is 2. The summed E-state index contributed by atoms with van der Waals surface area (Å²) in [5.41, 5.74) is 2.43. The highest BCUT2D eigenvalue weighted by Gasteiger charge is 2.22. The van der Waals surface area contributed by atoms with Gasteiger partial charge in [0.25, 0.3) is 0 Å². The summed E-state index contributed by atoms with van der Waals surface area (Å²) in [6, 6.07) is 12.8. The fourth-order valence-electron chi connectivity index (χ4n) is 2.38. The molecule has 2 aromatic carbocycles. The molecule has 0 spiro atoms. The maximum absolute atomic E-state index is 11.0. The molecule has 0 aliphatic carbocycles. The quantitative estimate of drug-likeness (QED) is 0.586. The number of ether oxygens (including phenoxy) is 1. The zero-order valence-electron chi connectivity index (χ0n) is 10.6. The van der Waals surface area contributed by atoms with Gasteiger partial charge in [0, 0.05) is 6.42 Å². The molecule has 3 rings (SSSR count). The van der Waals surface area contributed by atoms with Gasteiger partial charge in [-0.1, -0.05) is 30.3 Å². The Morgan fingerprint density at radius 2 is 1.90 bits per heavy atom. The van der Waals surface area contributed by atoms with Gasteiger partial charge in [-0.15, -0.1) is 0 Å². The van der Waals surface area contributed by atoms with E-state index in [0.29, 0.717) is 24.0 Å². The van der Waals surface area contributed by atoms with Crippen molar-refractivity contribution in [2.24, 2.45) is 0 Å². The first-order chi connectivity index (χ1) is 9.69. The molecule has 0 saturated heterocycles. The molecule has 0 saturated carbocycles. The van der Waals surface area contributed by atoms with Crippen LogP contribution in [-0.2, 0) is 16.0 Å². The van der Waals surface area contributed by atoms with Crippen LogP contribution in [0.4, 0.5) is 0 Å². The van der Waals surface area contributed by atoms with E-state index >= 15 is 0 Å². The number of carbonyl (C=O) groups is 2. The van der Waals surface area contributed by atoms with Gasteiger partial charge in [0.15, 0.2) is 0 Å². The second-order valence-electron chi connectivity index (χ2n) is 4.71. The van der Waals surface area contributed by atoms with Gasteiger partial charge in [0.2, 0.25) is 0 Å². The molecule has 1 heterocycles. The first-order valence-electron chi connectivity index (χ1n) is 6.25. The number of fused-ring (bicyclic) bond motifs is 2. The summed E-state index contributed by atoms with van der Waals surface area (Å²) in [5.74, 6) is -0.741. The fourth-order valence-corrected chi connectivity index (χ4v) is 2.38. The SMILES string of the molecule is O=CC(C(=O)O)c1ccc2c(c1)Cc1ccccc1O2. The molecule has 2 aromatic rings. The van der Waals surface area contributed by atoms with Crippen LogP contribution in [0.1, 0.15) is 22.6 Å². The van der Waals surface area contributed by atoms with Crippen LogP contribution in [0.15, 0.2) is 42.5 Å². The lowest BCUT2D eigenvalue weighted by Crippen LogP contribution is -2.13. The first-order valence-corrected chi connectivity index (χ1v) is 6.25. The number of carboxylic acids is 1. The standard InChI is InChI=1S/C16H12O4/c17-9-13(16(18)19)10-5-6-15-12(7-10)8-11-3-1-2-4-14(11)20-15/h1-7,9,13H,8H2,(H,18,19). The smallest absolute Gasteiger partial charge is 0.318 e. The summed E-state index contributed by atoms with van der Waals surface area (Å²) in [5, 5.41) is 9.03. The van der Waals surface area contributed by atoms with Gasteiger partial charge in [-0.3, -0.25) is 4.79 Å². The molecule has 1 unspecified atom stereocenters. The molecule has 1 N–H and O–H groups in total. The third-order valence-electron chi connectivity index (χ3n) is 3.42.